The van der Waals surface area contributed by atoms with Crippen LogP contribution in [0.5, 0.6) is 0 Å². The van der Waals surface area contributed by atoms with E-state index in [2.05, 4.69) is 17.4 Å². The predicted octanol–water partition coefficient (Wildman–Crippen LogP) is 4.21. The van der Waals surface area contributed by atoms with Crippen molar-refractivity contribution in [3.63, 3.8) is 0 Å². The lowest BCUT2D eigenvalue weighted by Crippen LogP contribution is -2.44. The zero-order valence-electron chi connectivity index (χ0n) is 16.6. The Labute approximate surface area is 170 Å². The van der Waals surface area contributed by atoms with E-state index in [9.17, 15) is 4.79 Å². The summed E-state index contributed by atoms with van der Waals surface area (Å²) >= 11 is 0. The molecule has 1 unspecified atom stereocenters. The van der Waals surface area contributed by atoms with Gasteiger partial charge >= 0.3 is 11.7 Å². The first-order valence-corrected chi connectivity index (χ1v) is 9.81. The van der Waals surface area contributed by atoms with E-state index in [4.69, 9.17) is 9.40 Å². The van der Waals surface area contributed by atoms with Gasteiger partial charge in [-0.05, 0) is 37.1 Å². The summed E-state index contributed by atoms with van der Waals surface area (Å²) in [5, 5.41) is 3.38. The summed E-state index contributed by atoms with van der Waals surface area (Å²) in [6, 6.07) is 13.5. The summed E-state index contributed by atoms with van der Waals surface area (Å²) in [5.74, 6) is 1.55. The predicted molar refractivity (Wildman–Crippen MR) is 113 cm³/mol. The van der Waals surface area contributed by atoms with Crippen molar-refractivity contribution in [2.24, 2.45) is 0 Å². The van der Waals surface area contributed by atoms with Crippen LogP contribution < -0.4 is 9.88 Å². The van der Waals surface area contributed by atoms with E-state index in [0.29, 0.717) is 12.8 Å². The molecule has 1 N–H and O–H groups in total. The zero-order chi connectivity index (χ0) is 20.2. The average molecular weight is 386 g/mol. The highest BCUT2D eigenvalue weighted by molar-refractivity contribution is 5.83. The minimum Gasteiger partial charge on any atom is -0.469 e. The Kier molecular flexibility index (Phi) is 5.38. The maximum Gasteiger partial charge on any atom is 0.359 e. The molecule has 1 atom stereocenters. The first-order chi connectivity index (χ1) is 14.2. The molecule has 2 aromatic heterocycles. The molecular formula is C24H24N3O2+. The fraction of sp³-hybridized carbons (Fsp3) is 0.208. The first kappa shape index (κ1) is 18.9. The standard InChI is InChI=1S/C24H23N3O2/c1-3-9-18(4-2)22-16-27-23(20(25-22)14-17-10-6-5-7-11-17)26-21(24(27)28)15-19-12-8-13-29-19/h3-13,16,21H,14-15H2,1-2H3/p+1/b9-3-,18-4+. The Morgan fingerprint density at radius 1 is 1.21 bits per heavy atom. The number of carbonyl (C=O) groups excluding carboxylic acids is 1. The maximum absolute atomic E-state index is 13.1. The van der Waals surface area contributed by atoms with E-state index in [-0.39, 0.29) is 11.9 Å². The molecule has 29 heavy (non-hydrogen) atoms. The van der Waals surface area contributed by atoms with E-state index in [1.54, 1.807) is 10.8 Å². The lowest BCUT2D eigenvalue weighted by atomic mass is 10.1. The number of carbonyl (C=O) groups is 1. The third-order valence-electron chi connectivity index (χ3n) is 5.02. The van der Waals surface area contributed by atoms with Gasteiger partial charge in [0.05, 0.1) is 12.7 Å². The second kappa shape index (κ2) is 8.27. The molecule has 4 rings (SSSR count). The van der Waals surface area contributed by atoms with Crippen molar-refractivity contribution >= 4 is 17.3 Å². The fourth-order valence-corrected chi connectivity index (χ4v) is 3.60. The molecule has 0 aliphatic carbocycles. The van der Waals surface area contributed by atoms with Crippen LogP contribution in [0.4, 0.5) is 5.82 Å². The van der Waals surface area contributed by atoms with E-state index in [0.717, 1.165) is 34.1 Å². The average Bonchev–Trinajstić information content (AvgIpc) is 3.36. The fourth-order valence-electron chi connectivity index (χ4n) is 3.60. The number of hydrogen-bond donors (Lipinski definition) is 1. The highest BCUT2D eigenvalue weighted by Crippen LogP contribution is 2.23. The van der Waals surface area contributed by atoms with Crippen molar-refractivity contribution in [1.29, 1.82) is 0 Å². The summed E-state index contributed by atoms with van der Waals surface area (Å²) in [5.41, 5.74) is 3.78. The first-order valence-electron chi connectivity index (χ1n) is 9.81. The SMILES string of the molecule is C/C=C\C(=C/C)c1c[n+]2c(c(Cc3ccccc3)n1)NC(Cc1ccco1)C2=O. The lowest BCUT2D eigenvalue weighted by molar-refractivity contribution is -0.553. The number of rotatable bonds is 6. The third-order valence-corrected chi connectivity index (χ3v) is 5.02. The molecule has 0 radical (unpaired) electrons. The molecule has 146 valence electrons. The number of nitrogens with one attached hydrogen (secondary N) is 1. The van der Waals surface area contributed by atoms with Crippen molar-refractivity contribution < 1.29 is 13.8 Å². The molecule has 0 bridgehead atoms. The molecule has 5 nitrogen and oxygen atoms in total. The van der Waals surface area contributed by atoms with Crippen LogP contribution in [0.2, 0.25) is 0 Å². The van der Waals surface area contributed by atoms with E-state index in [1.807, 2.05) is 68.6 Å². The molecule has 3 aromatic rings. The topological polar surface area (TPSA) is 59.0 Å². The van der Waals surface area contributed by atoms with Crippen LogP contribution in [-0.2, 0) is 12.8 Å². The molecule has 0 spiro atoms. The molecule has 5 heteroatoms. The summed E-state index contributed by atoms with van der Waals surface area (Å²) in [4.78, 5) is 18.1. The highest BCUT2D eigenvalue weighted by Gasteiger charge is 2.41. The monoisotopic (exact) mass is 386 g/mol. The Morgan fingerprint density at radius 3 is 2.72 bits per heavy atom. The van der Waals surface area contributed by atoms with Crippen LogP contribution in [0, 0.1) is 0 Å². The van der Waals surface area contributed by atoms with Crippen LogP contribution in [0.15, 0.2) is 77.6 Å². The quantitative estimate of drug-likeness (QED) is 0.509. The van der Waals surface area contributed by atoms with Crippen LogP contribution in [-0.4, -0.2) is 16.9 Å². The van der Waals surface area contributed by atoms with Gasteiger partial charge < -0.3 is 4.42 Å². The Hall–Kier alpha value is -3.47. The molecule has 1 aromatic carbocycles. The number of benzene rings is 1. The third kappa shape index (κ3) is 3.90. The van der Waals surface area contributed by atoms with Crippen molar-refractivity contribution in [3.8, 4) is 0 Å². The lowest BCUT2D eigenvalue weighted by Gasteiger charge is -2.07. The molecular weight excluding hydrogens is 362 g/mol. The zero-order valence-corrected chi connectivity index (χ0v) is 16.6. The molecule has 3 heterocycles. The molecule has 0 saturated carbocycles. The number of fused-ring (bicyclic) bond motifs is 1. The number of nitrogens with zero attached hydrogens (tertiary/aromatic N) is 2. The van der Waals surface area contributed by atoms with Gasteiger partial charge in [0.2, 0.25) is 6.04 Å². The van der Waals surface area contributed by atoms with Gasteiger partial charge in [0, 0.05) is 6.42 Å². The minimum atomic E-state index is -0.372. The summed E-state index contributed by atoms with van der Waals surface area (Å²) in [7, 11) is 0. The number of furan rings is 1. The second-order valence-electron chi connectivity index (χ2n) is 7.02. The minimum absolute atomic E-state index is 0.00490. The normalized spacial score (nSPS) is 16.3. The molecule has 1 aliphatic heterocycles. The van der Waals surface area contributed by atoms with Crippen molar-refractivity contribution in [2.45, 2.75) is 32.7 Å². The largest absolute Gasteiger partial charge is 0.469 e. The number of anilines is 1. The van der Waals surface area contributed by atoms with Crippen LogP contribution in [0.25, 0.3) is 5.57 Å². The second-order valence-corrected chi connectivity index (χ2v) is 7.02. The van der Waals surface area contributed by atoms with Crippen LogP contribution >= 0.6 is 0 Å². The van der Waals surface area contributed by atoms with E-state index < -0.39 is 0 Å². The summed E-state index contributed by atoms with van der Waals surface area (Å²) < 4.78 is 7.15. The number of hydrogen-bond acceptors (Lipinski definition) is 4. The van der Waals surface area contributed by atoms with Crippen LogP contribution in [0.1, 0.15) is 41.4 Å². The van der Waals surface area contributed by atoms with Gasteiger partial charge in [0.25, 0.3) is 0 Å². The molecule has 0 fully saturated rings. The van der Waals surface area contributed by atoms with Gasteiger partial charge in [-0.15, -0.1) is 0 Å². The molecule has 0 saturated heterocycles. The maximum atomic E-state index is 13.1. The molecule has 0 amide bonds. The van der Waals surface area contributed by atoms with Gasteiger partial charge in [-0.1, -0.05) is 48.6 Å². The van der Waals surface area contributed by atoms with Gasteiger partial charge in [-0.3, -0.25) is 5.32 Å². The van der Waals surface area contributed by atoms with Crippen molar-refractivity contribution in [3.05, 3.63) is 95.9 Å². The van der Waals surface area contributed by atoms with Gasteiger partial charge in [0.1, 0.15) is 23.3 Å². The Balaban J connectivity index is 1.75. The van der Waals surface area contributed by atoms with E-state index >= 15 is 0 Å². The van der Waals surface area contributed by atoms with Gasteiger partial charge in [0.15, 0.2) is 0 Å². The molecule has 1 aliphatic rings. The number of aromatic nitrogens is 2. The Morgan fingerprint density at radius 2 is 2.03 bits per heavy atom. The van der Waals surface area contributed by atoms with Gasteiger partial charge in [-0.2, -0.15) is 4.57 Å². The highest BCUT2D eigenvalue weighted by atomic mass is 16.3. The summed E-state index contributed by atoms with van der Waals surface area (Å²) in [6.45, 7) is 3.95. The van der Waals surface area contributed by atoms with Crippen molar-refractivity contribution in [1.82, 2.24) is 4.98 Å². The summed E-state index contributed by atoms with van der Waals surface area (Å²) in [6.07, 6.45) is 10.6. The van der Waals surface area contributed by atoms with Gasteiger partial charge in [-0.25, -0.2) is 9.78 Å². The smallest absolute Gasteiger partial charge is 0.359 e. The van der Waals surface area contributed by atoms with Crippen molar-refractivity contribution in [2.75, 3.05) is 5.32 Å². The van der Waals surface area contributed by atoms with Crippen LogP contribution in [0.3, 0.4) is 0 Å². The Bertz CT molecular complexity index is 1070. The number of allylic oxidation sites excluding steroid dienone is 4. The van der Waals surface area contributed by atoms with E-state index in [1.165, 1.54) is 0 Å².